The molecule has 2 amide bonds. The number of esters is 1. The number of carbonyl (C=O) groups is 3. The second kappa shape index (κ2) is 5.86. The van der Waals surface area contributed by atoms with E-state index in [-0.39, 0.29) is 18.9 Å². The lowest BCUT2D eigenvalue weighted by Gasteiger charge is -2.22. The van der Waals surface area contributed by atoms with Gasteiger partial charge in [-0.05, 0) is 31.9 Å². The molecule has 0 bridgehead atoms. The summed E-state index contributed by atoms with van der Waals surface area (Å²) in [6, 6.07) is 6.22. The second-order valence-electron chi connectivity index (χ2n) is 4.69. The summed E-state index contributed by atoms with van der Waals surface area (Å²) in [5.74, 6) is -1.26. The number of carbonyl (C=O) groups excluding carboxylic acids is 3. The Morgan fingerprint density at radius 1 is 1.35 bits per heavy atom. The van der Waals surface area contributed by atoms with E-state index in [0.717, 1.165) is 10.5 Å². The molecule has 1 heterocycles. The van der Waals surface area contributed by atoms with Crippen LogP contribution in [0.3, 0.4) is 0 Å². The standard InChI is InChI=1S/C15H17NO4/c1-3-20-15(19)12-8-9-13(17)16(12)14(18)11-7-5-4-6-10(11)2/h4-7,12H,3,8-9H2,1-2H3/t12-/m0/s1. The molecule has 1 aliphatic rings. The Bertz CT molecular complexity index is 553. The number of likely N-dealkylation sites (tertiary alicyclic amines) is 1. The van der Waals surface area contributed by atoms with Crippen LogP contribution in [0.15, 0.2) is 24.3 Å². The van der Waals surface area contributed by atoms with Gasteiger partial charge in [-0.25, -0.2) is 4.79 Å². The highest BCUT2D eigenvalue weighted by atomic mass is 16.5. The van der Waals surface area contributed by atoms with Crippen LogP contribution in [0.2, 0.25) is 0 Å². The molecule has 1 aromatic rings. The highest BCUT2D eigenvalue weighted by molar-refractivity contribution is 6.09. The van der Waals surface area contributed by atoms with Crippen molar-refractivity contribution in [1.82, 2.24) is 4.90 Å². The maximum atomic E-state index is 12.5. The molecule has 1 fully saturated rings. The molecule has 106 valence electrons. The van der Waals surface area contributed by atoms with Gasteiger partial charge in [0.2, 0.25) is 5.91 Å². The first-order valence-electron chi connectivity index (χ1n) is 6.65. The number of hydrogen-bond acceptors (Lipinski definition) is 4. The van der Waals surface area contributed by atoms with Crippen molar-refractivity contribution in [3.63, 3.8) is 0 Å². The molecule has 5 heteroatoms. The number of imide groups is 1. The molecule has 0 aliphatic carbocycles. The van der Waals surface area contributed by atoms with Crippen LogP contribution < -0.4 is 0 Å². The van der Waals surface area contributed by atoms with E-state index in [1.165, 1.54) is 0 Å². The van der Waals surface area contributed by atoms with E-state index in [2.05, 4.69) is 0 Å². The van der Waals surface area contributed by atoms with Gasteiger partial charge in [-0.2, -0.15) is 0 Å². The van der Waals surface area contributed by atoms with Crippen LogP contribution in [-0.2, 0) is 14.3 Å². The lowest BCUT2D eigenvalue weighted by molar-refractivity contribution is -0.149. The van der Waals surface area contributed by atoms with Crippen molar-refractivity contribution in [1.29, 1.82) is 0 Å². The van der Waals surface area contributed by atoms with Crippen molar-refractivity contribution >= 4 is 17.8 Å². The first-order valence-corrected chi connectivity index (χ1v) is 6.65. The number of nitrogens with zero attached hydrogens (tertiary/aromatic N) is 1. The maximum absolute atomic E-state index is 12.5. The van der Waals surface area contributed by atoms with E-state index in [9.17, 15) is 14.4 Å². The zero-order valence-corrected chi connectivity index (χ0v) is 11.6. The highest BCUT2D eigenvalue weighted by Crippen LogP contribution is 2.23. The van der Waals surface area contributed by atoms with Gasteiger partial charge in [0.15, 0.2) is 0 Å². The Morgan fingerprint density at radius 3 is 2.70 bits per heavy atom. The number of hydrogen-bond donors (Lipinski definition) is 0. The Labute approximate surface area is 117 Å². The third-order valence-corrected chi connectivity index (χ3v) is 3.36. The lowest BCUT2D eigenvalue weighted by Crippen LogP contribution is -2.44. The van der Waals surface area contributed by atoms with Gasteiger partial charge in [0, 0.05) is 12.0 Å². The Morgan fingerprint density at radius 2 is 2.05 bits per heavy atom. The SMILES string of the molecule is CCOC(=O)[C@@H]1CCC(=O)N1C(=O)c1ccccc1C. The molecule has 0 spiro atoms. The second-order valence-corrected chi connectivity index (χ2v) is 4.69. The Kier molecular flexibility index (Phi) is 4.17. The van der Waals surface area contributed by atoms with Crippen LogP contribution in [-0.4, -0.2) is 35.3 Å². The van der Waals surface area contributed by atoms with Crippen molar-refractivity contribution in [2.24, 2.45) is 0 Å². The molecule has 1 saturated heterocycles. The first-order chi connectivity index (χ1) is 9.56. The summed E-state index contributed by atoms with van der Waals surface area (Å²) in [7, 11) is 0. The molecule has 1 aliphatic heterocycles. The summed E-state index contributed by atoms with van der Waals surface area (Å²) in [6.45, 7) is 3.73. The molecule has 1 atom stereocenters. The summed E-state index contributed by atoms with van der Waals surface area (Å²) in [6.07, 6.45) is 0.524. The third kappa shape index (κ3) is 2.57. The van der Waals surface area contributed by atoms with Gasteiger partial charge in [-0.15, -0.1) is 0 Å². The Hall–Kier alpha value is -2.17. The van der Waals surface area contributed by atoms with Gasteiger partial charge >= 0.3 is 5.97 Å². The fourth-order valence-electron chi connectivity index (χ4n) is 2.34. The smallest absolute Gasteiger partial charge is 0.329 e. The molecule has 2 rings (SSSR count). The zero-order chi connectivity index (χ0) is 14.7. The average Bonchev–Trinajstić information content (AvgIpc) is 2.81. The fraction of sp³-hybridized carbons (Fsp3) is 0.400. The molecular weight excluding hydrogens is 258 g/mol. The van der Waals surface area contributed by atoms with Crippen LogP contribution in [0.5, 0.6) is 0 Å². The van der Waals surface area contributed by atoms with E-state index in [1.807, 2.05) is 6.07 Å². The number of ether oxygens (including phenoxy) is 1. The molecule has 0 aromatic heterocycles. The zero-order valence-electron chi connectivity index (χ0n) is 11.6. The van der Waals surface area contributed by atoms with Crippen molar-refractivity contribution in [3.8, 4) is 0 Å². The van der Waals surface area contributed by atoms with Gasteiger partial charge in [0.25, 0.3) is 5.91 Å². The lowest BCUT2D eigenvalue weighted by atomic mass is 10.1. The van der Waals surface area contributed by atoms with Crippen LogP contribution in [0.4, 0.5) is 0 Å². The quantitative estimate of drug-likeness (QED) is 0.622. The minimum atomic E-state index is -0.797. The number of aryl methyl sites for hydroxylation is 1. The van der Waals surface area contributed by atoms with E-state index >= 15 is 0 Å². The molecule has 0 N–H and O–H groups in total. The van der Waals surface area contributed by atoms with Crippen molar-refractivity contribution in [3.05, 3.63) is 35.4 Å². The monoisotopic (exact) mass is 275 g/mol. The summed E-state index contributed by atoms with van der Waals surface area (Å²) in [5, 5.41) is 0. The molecular formula is C15H17NO4. The molecule has 0 saturated carbocycles. The Balaban J connectivity index is 2.29. The van der Waals surface area contributed by atoms with E-state index in [0.29, 0.717) is 12.0 Å². The largest absolute Gasteiger partial charge is 0.464 e. The van der Waals surface area contributed by atoms with Gasteiger partial charge < -0.3 is 4.74 Å². The third-order valence-electron chi connectivity index (χ3n) is 3.36. The number of amides is 2. The van der Waals surface area contributed by atoms with Gasteiger partial charge in [0.05, 0.1) is 6.61 Å². The highest BCUT2D eigenvalue weighted by Gasteiger charge is 2.41. The first kappa shape index (κ1) is 14.2. The topological polar surface area (TPSA) is 63.7 Å². The summed E-state index contributed by atoms with van der Waals surface area (Å²) in [5.41, 5.74) is 1.22. The van der Waals surface area contributed by atoms with E-state index < -0.39 is 17.9 Å². The predicted octanol–water partition coefficient (Wildman–Crippen LogP) is 1.69. The fourth-order valence-corrected chi connectivity index (χ4v) is 2.34. The van der Waals surface area contributed by atoms with Crippen LogP contribution in [0.1, 0.15) is 35.7 Å². The molecule has 0 unspecified atom stereocenters. The van der Waals surface area contributed by atoms with E-state index in [4.69, 9.17) is 4.74 Å². The molecule has 20 heavy (non-hydrogen) atoms. The predicted molar refractivity (Wildman–Crippen MR) is 72.0 cm³/mol. The number of rotatable bonds is 3. The van der Waals surface area contributed by atoms with E-state index in [1.54, 1.807) is 32.0 Å². The van der Waals surface area contributed by atoms with Crippen LogP contribution in [0, 0.1) is 6.92 Å². The van der Waals surface area contributed by atoms with Crippen LogP contribution in [0.25, 0.3) is 0 Å². The molecule has 1 aromatic carbocycles. The molecule has 0 radical (unpaired) electrons. The van der Waals surface area contributed by atoms with Crippen molar-refractivity contribution in [2.75, 3.05) is 6.61 Å². The van der Waals surface area contributed by atoms with Gasteiger partial charge in [-0.3, -0.25) is 14.5 Å². The summed E-state index contributed by atoms with van der Waals surface area (Å²) in [4.78, 5) is 37.3. The maximum Gasteiger partial charge on any atom is 0.329 e. The average molecular weight is 275 g/mol. The summed E-state index contributed by atoms with van der Waals surface area (Å²) >= 11 is 0. The van der Waals surface area contributed by atoms with Gasteiger partial charge in [0.1, 0.15) is 6.04 Å². The van der Waals surface area contributed by atoms with Crippen molar-refractivity contribution in [2.45, 2.75) is 32.7 Å². The normalized spacial score (nSPS) is 18.2. The minimum absolute atomic E-state index is 0.196. The number of benzene rings is 1. The van der Waals surface area contributed by atoms with Gasteiger partial charge in [-0.1, -0.05) is 18.2 Å². The van der Waals surface area contributed by atoms with Crippen molar-refractivity contribution < 1.29 is 19.1 Å². The minimum Gasteiger partial charge on any atom is -0.464 e. The summed E-state index contributed by atoms with van der Waals surface area (Å²) < 4.78 is 4.94. The van der Waals surface area contributed by atoms with Crippen LogP contribution >= 0.6 is 0 Å². The molecule has 5 nitrogen and oxygen atoms in total.